The summed E-state index contributed by atoms with van der Waals surface area (Å²) in [5.41, 5.74) is -0.619. The predicted octanol–water partition coefficient (Wildman–Crippen LogP) is -0.225. The fraction of sp³-hybridized carbons (Fsp3) is 0.467. The zero-order valence-corrected chi connectivity index (χ0v) is 12.8. The topological polar surface area (TPSA) is 131 Å². The average Bonchev–Trinajstić information content (AvgIpc) is 3.22. The molecule has 1 fully saturated rings. The highest BCUT2D eigenvalue weighted by Crippen LogP contribution is 2.38. The van der Waals surface area contributed by atoms with Gasteiger partial charge in [0.2, 0.25) is 11.6 Å². The van der Waals surface area contributed by atoms with Gasteiger partial charge in [-0.05, 0) is 12.8 Å². The van der Waals surface area contributed by atoms with Gasteiger partial charge in [0.05, 0.1) is 31.2 Å². The molecule has 0 aliphatic heterocycles. The number of ether oxygens (including phenoxy) is 1. The van der Waals surface area contributed by atoms with Crippen molar-refractivity contribution < 1.29 is 24.3 Å². The van der Waals surface area contributed by atoms with Crippen LogP contribution < -0.4 is 10.1 Å². The maximum absolute atomic E-state index is 12.0. The number of aromatic nitrogens is 3. The molecule has 0 saturated heterocycles. The third-order valence-corrected chi connectivity index (χ3v) is 4.08. The summed E-state index contributed by atoms with van der Waals surface area (Å²) >= 11 is 0. The summed E-state index contributed by atoms with van der Waals surface area (Å²) in [6.45, 7) is 0.386. The fourth-order valence-corrected chi connectivity index (χ4v) is 2.83. The SMILES string of the molecule is O=C(NCC1(COc2cnccn2)CC(O)C(O)C1)c1ccno1. The molecule has 2 atom stereocenters. The van der Waals surface area contributed by atoms with Crippen LogP contribution in [0.5, 0.6) is 5.88 Å². The molecule has 1 amide bonds. The molecule has 1 saturated carbocycles. The molecule has 0 aromatic carbocycles. The van der Waals surface area contributed by atoms with Gasteiger partial charge in [-0.25, -0.2) is 4.98 Å². The highest BCUT2D eigenvalue weighted by atomic mass is 16.5. The number of aliphatic hydroxyl groups is 2. The number of nitrogens with one attached hydrogen (secondary N) is 1. The van der Waals surface area contributed by atoms with Crippen molar-refractivity contribution in [2.24, 2.45) is 5.41 Å². The van der Waals surface area contributed by atoms with Crippen LogP contribution in [-0.4, -0.2) is 56.6 Å². The zero-order chi connectivity index (χ0) is 17.0. The Morgan fingerprint density at radius 3 is 2.75 bits per heavy atom. The van der Waals surface area contributed by atoms with E-state index >= 15 is 0 Å². The molecule has 1 aliphatic carbocycles. The number of nitrogens with zero attached hydrogens (tertiary/aromatic N) is 3. The molecular formula is C15H18N4O5. The van der Waals surface area contributed by atoms with Crippen molar-refractivity contribution in [1.29, 1.82) is 0 Å². The van der Waals surface area contributed by atoms with E-state index in [9.17, 15) is 15.0 Å². The lowest BCUT2D eigenvalue weighted by molar-refractivity contribution is 0.0438. The normalized spacial score (nSPS) is 26.2. The Morgan fingerprint density at radius 1 is 1.33 bits per heavy atom. The Balaban J connectivity index is 1.65. The smallest absolute Gasteiger partial charge is 0.289 e. The minimum Gasteiger partial charge on any atom is -0.476 e. The van der Waals surface area contributed by atoms with Gasteiger partial charge in [-0.2, -0.15) is 0 Å². The van der Waals surface area contributed by atoms with Gasteiger partial charge in [0, 0.05) is 30.4 Å². The predicted molar refractivity (Wildman–Crippen MR) is 80.0 cm³/mol. The van der Waals surface area contributed by atoms with Gasteiger partial charge in [0.25, 0.3) is 5.91 Å². The Kier molecular flexibility index (Phi) is 4.72. The summed E-state index contributed by atoms with van der Waals surface area (Å²) in [6.07, 6.45) is 4.76. The molecule has 128 valence electrons. The van der Waals surface area contributed by atoms with Crippen molar-refractivity contribution in [3.05, 3.63) is 36.6 Å². The molecule has 24 heavy (non-hydrogen) atoms. The van der Waals surface area contributed by atoms with Gasteiger partial charge in [0.1, 0.15) is 0 Å². The standard InChI is InChI=1S/C15H18N4O5/c20-10-5-15(6-11(10)21,9-23-13-7-16-3-4-17-13)8-18-14(22)12-1-2-19-24-12/h1-4,7,10-11,20-21H,5-6,8-9H2,(H,18,22). The maximum atomic E-state index is 12.0. The van der Waals surface area contributed by atoms with Crippen LogP contribution in [0.25, 0.3) is 0 Å². The minimum atomic E-state index is -0.863. The zero-order valence-electron chi connectivity index (χ0n) is 12.8. The van der Waals surface area contributed by atoms with Crippen LogP contribution in [0.15, 0.2) is 35.4 Å². The van der Waals surface area contributed by atoms with E-state index < -0.39 is 23.5 Å². The van der Waals surface area contributed by atoms with E-state index in [1.54, 1.807) is 0 Å². The molecule has 2 heterocycles. The Labute approximate surface area is 137 Å². The minimum absolute atomic E-state index is 0.0964. The largest absolute Gasteiger partial charge is 0.476 e. The summed E-state index contributed by atoms with van der Waals surface area (Å²) in [6, 6.07) is 1.45. The van der Waals surface area contributed by atoms with Crippen molar-refractivity contribution in [1.82, 2.24) is 20.4 Å². The van der Waals surface area contributed by atoms with Gasteiger partial charge in [-0.15, -0.1) is 0 Å². The lowest BCUT2D eigenvalue weighted by Gasteiger charge is -2.28. The summed E-state index contributed by atoms with van der Waals surface area (Å²) < 4.78 is 10.4. The van der Waals surface area contributed by atoms with E-state index in [2.05, 4.69) is 20.4 Å². The molecule has 2 unspecified atom stereocenters. The maximum Gasteiger partial charge on any atom is 0.289 e. The number of rotatable bonds is 6. The summed E-state index contributed by atoms with van der Waals surface area (Å²) in [7, 11) is 0. The van der Waals surface area contributed by atoms with Gasteiger partial charge in [-0.1, -0.05) is 5.16 Å². The molecule has 3 rings (SSSR count). The monoisotopic (exact) mass is 334 g/mol. The first-order chi connectivity index (χ1) is 11.6. The van der Waals surface area contributed by atoms with Crippen molar-refractivity contribution in [3.8, 4) is 5.88 Å². The first kappa shape index (κ1) is 16.3. The molecule has 2 aromatic rings. The fourth-order valence-electron chi connectivity index (χ4n) is 2.83. The quantitative estimate of drug-likeness (QED) is 0.660. The second kappa shape index (κ2) is 6.93. The molecule has 3 N–H and O–H groups in total. The third-order valence-electron chi connectivity index (χ3n) is 4.08. The number of aliphatic hydroxyl groups excluding tert-OH is 2. The summed E-state index contributed by atoms with van der Waals surface area (Å²) in [5.74, 6) is 0.0238. The van der Waals surface area contributed by atoms with E-state index in [-0.39, 0.29) is 18.9 Å². The van der Waals surface area contributed by atoms with Crippen molar-refractivity contribution in [2.45, 2.75) is 25.0 Å². The third kappa shape index (κ3) is 3.69. The van der Waals surface area contributed by atoms with E-state index in [0.29, 0.717) is 18.7 Å². The molecule has 9 nitrogen and oxygen atoms in total. The van der Waals surface area contributed by atoms with Crippen LogP contribution in [0, 0.1) is 5.41 Å². The van der Waals surface area contributed by atoms with Gasteiger partial charge >= 0.3 is 0 Å². The molecule has 0 radical (unpaired) electrons. The first-order valence-electron chi connectivity index (χ1n) is 7.52. The number of hydrogen-bond donors (Lipinski definition) is 3. The van der Waals surface area contributed by atoms with Crippen LogP contribution in [0.1, 0.15) is 23.4 Å². The van der Waals surface area contributed by atoms with Crippen LogP contribution in [-0.2, 0) is 0 Å². The average molecular weight is 334 g/mol. The Morgan fingerprint density at radius 2 is 2.12 bits per heavy atom. The van der Waals surface area contributed by atoms with Crippen LogP contribution in [0.3, 0.4) is 0 Å². The van der Waals surface area contributed by atoms with Crippen molar-refractivity contribution in [3.63, 3.8) is 0 Å². The number of carbonyl (C=O) groups excluding carboxylic acids is 1. The summed E-state index contributed by atoms with van der Waals surface area (Å²) in [4.78, 5) is 19.9. The van der Waals surface area contributed by atoms with Gasteiger partial charge in [0.15, 0.2) is 0 Å². The molecule has 1 aliphatic rings. The second-order valence-corrected chi connectivity index (χ2v) is 5.93. The lowest BCUT2D eigenvalue weighted by atomic mass is 9.86. The van der Waals surface area contributed by atoms with Crippen molar-refractivity contribution in [2.75, 3.05) is 13.2 Å². The number of amides is 1. The van der Waals surface area contributed by atoms with E-state index in [0.717, 1.165) is 0 Å². The van der Waals surface area contributed by atoms with Crippen LogP contribution in [0.4, 0.5) is 0 Å². The highest BCUT2D eigenvalue weighted by molar-refractivity contribution is 5.91. The number of hydrogen-bond acceptors (Lipinski definition) is 8. The first-order valence-corrected chi connectivity index (χ1v) is 7.52. The molecule has 9 heteroatoms. The molecule has 2 aromatic heterocycles. The highest BCUT2D eigenvalue weighted by Gasteiger charge is 2.45. The lowest BCUT2D eigenvalue weighted by Crippen LogP contribution is -2.40. The van der Waals surface area contributed by atoms with E-state index in [4.69, 9.17) is 9.26 Å². The van der Waals surface area contributed by atoms with Crippen LogP contribution in [0.2, 0.25) is 0 Å². The second-order valence-electron chi connectivity index (χ2n) is 5.93. The van der Waals surface area contributed by atoms with Crippen LogP contribution >= 0.6 is 0 Å². The Hall–Kier alpha value is -2.52. The molecule has 0 spiro atoms. The Bertz CT molecular complexity index is 654. The van der Waals surface area contributed by atoms with E-state index in [1.807, 2.05) is 0 Å². The number of carbonyl (C=O) groups is 1. The van der Waals surface area contributed by atoms with Gasteiger partial charge in [-0.3, -0.25) is 9.78 Å². The van der Waals surface area contributed by atoms with E-state index in [1.165, 1.54) is 30.9 Å². The summed E-state index contributed by atoms with van der Waals surface area (Å²) in [5, 5.41) is 26.0. The molecular weight excluding hydrogens is 316 g/mol. The van der Waals surface area contributed by atoms with Crippen molar-refractivity contribution >= 4 is 5.91 Å². The van der Waals surface area contributed by atoms with Gasteiger partial charge < -0.3 is 24.8 Å². The molecule has 0 bridgehead atoms.